The van der Waals surface area contributed by atoms with Gasteiger partial charge in [0.15, 0.2) is 5.65 Å². The fourth-order valence-corrected chi connectivity index (χ4v) is 6.18. The summed E-state index contributed by atoms with van der Waals surface area (Å²) in [5.74, 6) is 0.959. The minimum Gasteiger partial charge on any atom is -0.377 e. The molecule has 36 heavy (non-hydrogen) atoms. The number of piperidine rings is 1. The van der Waals surface area contributed by atoms with E-state index in [-0.39, 0.29) is 6.23 Å². The van der Waals surface area contributed by atoms with E-state index < -0.39 is 0 Å². The van der Waals surface area contributed by atoms with Crippen molar-refractivity contribution in [2.45, 2.75) is 65.0 Å². The second-order valence-electron chi connectivity index (χ2n) is 11.1. The highest BCUT2D eigenvalue weighted by molar-refractivity contribution is 5.92. The maximum absolute atomic E-state index is 10.5. The number of aryl methyl sites for hydroxylation is 1. The van der Waals surface area contributed by atoms with Crippen molar-refractivity contribution in [1.29, 1.82) is 0 Å². The van der Waals surface area contributed by atoms with E-state index >= 15 is 0 Å². The number of β-amino-alcohol motifs (C(OH)–C–C–N with tert-alkyl or cyclic N) is 1. The number of nitrogens with one attached hydrogen (secondary N) is 1. The third-order valence-corrected chi connectivity index (χ3v) is 8.63. The van der Waals surface area contributed by atoms with Gasteiger partial charge in [-0.05, 0) is 92.4 Å². The SMILES string of the molecule is Cc1c(-c2[nH]c3ccc(C4CCN(CC(O)N5CCC5)CC4)cc3c2C(C)C)cn2ncnc2c1C. The molecule has 7 nitrogen and oxygen atoms in total. The zero-order valence-corrected chi connectivity index (χ0v) is 22.0. The monoisotopic (exact) mass is 486 g/mol. The Labute approximate surface area is 213 Å². The van der Waals surface area contributed by atoms with Crippen molar-refractivity contribution >= 4 is 16.6 Å². The van der Waals surface area contributed by atoms with Crippen LogP contribution in [0.2, 0.25) is 0 Å². The van der Waals surface area contributed by atoms with Gasteiger partial charge in [0.1, 0.15) is 12.6 Å². The average Bonchev–Trinajstić information content (AvgIpc) is 3.45. The zero-order valence-electron chi connectivity index (χ0n) is 22.0. The molecule has 7 heteroatoms. The number of hydrogen-bond donors (Lipinski definition) is 2. The van der Waals surface area contributed by atoms with Gasteiger partial charge < -0.3 is 10.1 Å². The van der Waals surface area contributed by atoms with Gasteiger partial charge in [-0.25, -0.2) is 9.50 Å². The summed E-state index contributed by atoms with van der Waals surface area (Å²) in [6.45, 7) is 13.9. The highest BCUT2D eigenvalue weighted by Crippen LogP contribution is 2.40. The predicted molar refractivity (Wildman–Crippen MR) is 144 cm³/mol. The number of benzene rings is 1. The number of hydrogen-bond acceptors (Lipinski definition) is 5. The van der Waals surface area contributed by atoms with Crippen LogP contribution in [0.3, 0.4) is 0 Å². The lowest BCUT2D eigenvalue weighted by atomic mass is 9.87. The molecule has 1 unspecified atom stereocenters. The van der Waals surface area contributed by atoms with E-state index in [1.54, 1.807) is 6.33 Å². The number of likely N-dealkylation sites (tertiary alicyclic amines) is 2. The molecule has 0 radical (unpaired) electrons. The van der Waals surface area contributed by atoms with Gasteiger partial charge in [0.05, 0.1) is 5.69 Å². The Hall–Kier alpha value is -2.74. The van der Waals surface area contributed by atoms with E-state index in [0.717, 1.165) is 51.2 Å². The minimum absolute atomic E-state index is 0.303. The number of H-pyrrole nitrogens is 1. The highest BCUT2D eigenvalue weighted by atomic mass is 16.3. The van der Waals surface area contributed by atoms with Gasteiger partial charge >= 0.3 is 0 Å². The van der Waals surface area contributed by atoms with Crippen molar-refractivity contribution in [3.8, 4) is 11.3 Å². The summed E-state index contributed by atoms with van der Waals surface area (Å²) in [6.07, 6.45) is 6.95. The molecule has 0 bridgehead atoms. The van der Waals surface area contributed by atoms with Crippen molar-refractivity contribution in [2.75, 3.05) is 32.7 Å². The first-order valence-electron chi connectivity index (χ1n) is 13.5. The Kier molecular flexibility index (Phi) is 6.10. The fraction of sp³-hybridized carbons (Fsp3) is 0.517. The quantitative estimate of drug-likeness (QED) is 0.409. The van der Waals surface area contributed by atoms with E-state index in [1.165, 1.54) is 50.8 Å². The maximum atomic E-state index is 10.5. The summed E-state index contributed by atoms with van der Waals surface area (Å²) < 4.78 is 1.89. The predicted octanol–water partition coefficient (Wildman–Crippen LogP) is 4.82. The van der Waals surface area contributed by atoms with E-state index in [0.29, 0.717) is 11.8 Å². The Bertz CT molecular complexity index is 1390. The van der Waals surface area contributed by atoms with Crippen LogP contribution in [-0.2, 0) is 0 Å². The number of aromatic nitrogens is 4. The smallest absolute Gasteiger partial charge is 0.158 e. The Balaban J connectivity index is 1.29. The molecule has 1 atom stereocenters. The van der Waals surface area contributed by atoms with E-state index in [9.17, 15) is 5.11 Å². The average molecular weight is 487 g/mol. The normalized spacial score (nSPS) is 18.9. The van der Waals surface area contributed by atoms with Crippen LogP contribution in [0.1, 0.15) is 67.2 Å². The lowest BCUT2D eigenvalue weighted by molar-refractivity contribution is -0.0558. The number of fused-ring (bicyclic) bond motifs is 2. The van der Waals surface area contributed by atoms with Gasteiger partial charge in [-0.1, -0.05) is 19.9 Å². The van der Waals surface area contributed by atoms with Gasteiger partial charge in [0, 0.05) is 42.3 Å². The maximum Gasteiger partial charge on any atom is 0.158 e. The summed E-state index contributed by atoms with van der Waals surface area (Å²) in [7, 11) is 0. The van der Waals surface area contributed by atoms with Crippen LogP contribution in [0.15, 0.2) is 30.7 Å². The first-order chi connectivity index (χ1) is 17.4. The van der Waals surface area contributed by atoms with Crippen LogP contribution >= 0.6 is 0 Å². The van der Waals surface area contributed by atoms with Crippen LogP contribution < -0.4 is 0 Å². The van der Waals surface area contributed by atoms with Crippen molar-refractivity contribution in [2.24, 2.45) is 0 Å². The molecule has 190 valence electrons. The van der Waals surface area contributed by atoms with E-state index in [4.69, 9.17) is 0 Å². The topological polar surface area (TPSA) is 72.7 Å². The number of aliphatic hydroxyl groups excluding tert-OH is 1. The van der Waals surface area contributed by atoms with E-state index in [1.807, 2.05) is 4.52 Å². The molecule has 6 rings (SSSR count). The molecule has 2 fully saturated rings. The Morgan fingerprint density at radius 2 is 1.86 bits per heavy atom. The molecule has 1 aromatic carbocycles. The number of nitrogens with zero attached hydrogens (tertiary/aromatic N) is 5. The standard InChI is InChI=1S/C29H38N6O/c1-18(2)27-23-14-22(21-8-12-33(13-9-21)16-26(36)34-10-5-11-34)6-7-25(23)32-28(27)24-15-35-29(30-17-31-35)20(4)19(24)3/h6-7,14-15,17-18,21,26,32,36H,5,8-13,16H2,1-4H3. The van der Waals surface area contributed by atoms with Crippen LogP contribution in [0.5, 0.6) is 0 Å². The molecule has 2 aliphatic rings. The van der Waals surface area contributed by atoms with Crippen LogP contribution in [0, 0.1) is 13.8 Å². The zero-order chi connectivity index (χ0) is 25.0. The first-order valence-corrected chi connectivity index (χ1v) is 13.5. The molecule has 0 amide bonds. The molecule has 0 aliphatic carbocycles. The van der Waals surface area contributed by atoms with Crippen LogP contribution in [0.4, 0.5) is 0 Å². The van der Waals surface area contributed by atoms with Crippen LogP contribution in [-0.4, -0.2) is 73.4 Å². The molecule has 0 spiro atoms. The van der Waals surface area contributed by atoms with Crippen molar-refractivity contribution in [1.82, 2.24) is 29.4 Å². The number of rotatable bonds is 6. The molecular weight excluding hydrogens is 448 g/mol. The lowest BCUT2D eigenvalue weighted by Crippen LogP contribution is -2.51. The molecular formula is C29H38N6O. The minimum atomic E-state index is -0.303. The molecule has 5 heterocycles. The second kappa shape index (κ2) is 9.29. The van der Waals surface area contributed by atoms with Crippen molar-refractivity contribution in [3.05, 3.63) is 53.0 Å². The van der Waals surface area contributed by atoms with Crippen molar-refractivity contribution < 1.29 is 5.11 Å². The number of aliphatic hydroxyl groups is 1. The largest absolute Gasteiger partial charge is 0.377 e. The summed E-state index contributed by atoms with van der Waals surface area (Å²) in [4.78, 5) is 12.8. The van der Waals surface area contributed by atoms with Gasteiger partial charge in [0.25, 0.3) is 0 Å². The summed E-state index contributed by atoms with van der Waals surface area (Å²) in [6, 6.07) is 7.03. The van der Waals surface area contributed by atoms with Crippen molar-refractivity contribution in [3.63, 3.8) is 0 Å². The van der Waals surface area contributed by atoms with Gasteiger partial charge in [-0.15, -0.1) is 0 Å². The van der Waals surface area contributed by atoms with E-state index in [2.05, 4.69) is 77.0 Å². The Morgan fingerprint density at radius 3 is 2.56 bits per heavy atom. The first kappa shape index (κ1) is 23.6. The van der Waals surface area contributed by atoms with Gasteiger partial charge in [-0.3, -0.25) is 9.80 Å². The third kappa shape index (κ3) is 4.03. The third-order valence-electron chi connectivity index (χ3n) is 8.63. The summed E-state index contributed by atoms with van der Waals surface area (Å²) in [5, 5.41) is 16.2. The molecule has 0 saturated carbocycles. The van der Waals surface area contributed by atoms with Gasteiger partial charge in [0.2, 0.25) is 0 Å². The lowest BCUT2D eigenvalue weighted by Gasteiger charge is -2.39. The van der Waals surface area contributed by atoms with Crippen LogP contribution in [0.25, 0.3) is 27.8 Å². The summed E-state index contributed by atoms with van der Waals surface area (Å²) >= 11 is 0. The summed E-state index contributed by atoms with van der Waals surface area (Å²) in [5.41, 5.74) is 9.75. The number of pyridine rings is 1. The molecule has 3 aromatic heterocycles. The molecule has 2 saturated heterocycles. The molecule has 2 N–H and O–H groups in total. The number of aromatic amines is 1. The van der Waals surface area contributed by atoms with Gasteiger partial charge in [-0.2, -0.15) is 5.10 Å². The second-order valence-corrected chi connectivity index (χ2v) is 11.1. The molecule has 4 aromatic rings. The molecule has 2 aliphatic heterocycles. The Morgan fingerprint density at radius 1 is 1.08 bits per heavy atom. The highest BCUT2D eigenvalue weighted by Gasteiger charge is 2.27. The fourth-order valence-electron chi connectivity index (χ4n) is 6.18.